The monoisotopic (exact) mass is 531 g/mol. The zero-order valence-electron chi connectivity index (χ0n) is 22.9. The van der Waals surface area contributed by atoms with Crippen LogP contribution in [0.15, 0.2) is 74.7 Å². The predicted octanol–water partition coefficient (Wildman–Crippen LogP) is 5.56. The number of urea groups is 1. The molecule has 0 fully saturated rings. The van der Waals surface area contributed by atoms with E-state index in [-0.39, 0.29) is 28.6 Å². The number of nitrogens with one attached hydrogen (secondary N) is 3. The van der Waals surface area contributed by atoms with Crippen molar-refractivity contribution in [2.24, 2.45) is 11.3 Å². The van der Waals surface area contributed by atoms with Gasteiger partial charge in [-0.1, -0.05) is 25.9 Å². The maximum atomic E-state index is 13.4. The standard InChI is InChI=1S/C29H33N5O5/c1-28(2,3)24-13-25(33-39-24)32-27(37)30-17-7-9-21-16(11-17)12-22(38-21)26(36)19-14-29(4)18(15-34(5)6)20(35)8-10-23(29)31-19/h7-14,18,31,35H,15H2,1-6H3,(H2,30,32,33,37). The molecule has 0 radical (unpaired) electrons. The van der Waals surface area contributed by atoms with Gasteiger partial charge >= 0.3 is 6.03 Å². The summed E-state index contributed by atoms with van der Waals surface area (Å²) in [6.07, 6.45) is 5.36. The number of carbonyl (C=O) groups is 2. The summed E-state index contributed by atoms with van der Waals surface area (Å²) in [6.45, 7) is 8.60. The molecule has 39 heavy (non-hydrogen) atoms. The Kier molecular flexibility index (Phi) is 6.38. The van der Waals surface area contributed by atoms with E-state index >= 15 is 0 Å². The van der Waals surface area contributed by atoms with Crippen molar-refractivity contribution in [1.82, 2.24) is 15.4 Å². The molecule has 3 aromatic rings. The Morgan fingerprint density at radius 3 is 2.62 bits per heavy atom. The molecule has 0 saturated heterocycles. The second-order valence-electron chi connectivity index (χ2n) is 11.6. The summed E-state index contributed by atoms with van der Waals surface area (Å²) in [7, 11) is 3.90. The van der Waals surface area contributed by atoms with E-state index in [0.29, 0.717) is 40.5 Å². The van der Waals surface area contributed by atoms with Gasteiger partial charge in [-0.25, -0.2) is 4.79 Å². The Morgan fingerprint density at radius 2 is 1.92 bits per heavy atom. The first-order chi connectivity index (χ1) is 18.3. The molecule has 1 aliphatic heterocycles. The van der Waals surface area contributed by atoms with Crippen LogP contribution in [0, 0.1) is 11.3 Å². The molecule has 10 heteroatoms. The van der Waals surface area contributed by atoms with Gasteiger partial charge in [-0.2, -0.15) is 0 Å². The van der Waals surface area contributed by atoms with Crippen molar-refractivity contribution in [3.8, 4) is 0 Å². The van der Waals surface area contributed by atoms with Gasteiger partial charge in [-0.3, -0.25) is 10.1 Å². The number of nitrogens with zero attached hydrogens (tertiary/aromatic N) is 2. The number of ketones is 1. The first-order valence-electron chi connectivity index (χ1n) is 12.7. The van der Waals surface area contributed by atoms with Crippen LogP contribution in [0.3, 0.4) is 0 Å². The molecule has 0 spiro atoms. The van der Waals surface area contributed by atoms with Crippen molar-refractivity contribution >= 4 is 34.3 Å². The van der Waals surface area contributed by atoms with Crippen LogP contribution in [0.5, 0.6) is 0 Å². The van der Waals surface area contributed by atoms with Gasteiger partial charge in [0.2, 0.25) is 5.78 Å². The molecule has 4 N–H and O–H groups in total. The van der Waals surface area contributed by atoms with Crippen LogP contribution in [0.25, 0.3) is 11.0 Å². The van der Waals surface area contributed by atoms with Gasteiger partial charge in [-0.05, 0) is 63.5 Å². The third-order valence-corrected chi connectivity index (χ3v) is 7.08. The van der Waals surface area contributed by atoms with Gasteiger partial charge < -0.3 is 29.6 Å². The molecule has 2 aliphatic rings. The number of Topliss-reactive ketones (excluding diaryl/α,β-unsaturated/α-hetero) is 1. The summed E-state index contributed by atoms with van der Waals surface area (Å²) in [5.41, 5.74) is 1.51. The van der Waals surface area contributed by atoms with Crippen molar-refractivity contribution in [3.05, 3.63) is 77.2 Å². The lowest BCUT2D eigenvalue weighted by atomic mass is 9.71. The fourth-order valence-corrected chi connectivity index (χ4v) is 4.90. The molecule has 5 rings (SSSR count). The normalized spacial score (nSPS) is 20.7. The van der Waals surface area contributed by atoms with Crippen LogP contribution >= 0.6 is 0 Å². The maximum absolute atomic E-state index is 13.4. The molecule has 2 unspecified atom stereocenters. The zero-order valence-corrected chi connectivity index (χ0v) is 22.9. The Labute approximate surface area is 226 Å². The highest BCUT2D eigenvalue weighted by Crippen LogP contribution is 2.47. The lowest BCUT2D eigenvalue weighted by Crippen LogP contribution is -2.38. The lowest BCUT2D eigenvalue weighted by molar-refractivity contribution is 0.100. The van der Waals surface area contributed by atoms with E-state index in [1.807, 2.05) is 58.8 Å². The van der Waals surface area contributed by atoms with Crippen molar-refractivity contribution in [2.45, 2.75) is 33.1 Å². The number of hydrogen-bond donors (Lipinski definition) is 4. The molecule has 2 amide bonds. The molecule has 204 valence electrons. The van der Waals surface area contributed by atoms with Crippen LogP contribution in [0.4, 0.5) is 16.3 Å². The summed E-state index contributed by atoms with van der Waals surface area (Å²) in [4.78, 5) is 27.9. The van der Waals surface area contributed by atoms with Gasteiger partial charge in [-0.15, -0.1) is 0 Å². The van der Waals surface area contributed by atoms with Crippen molar-refractivity contribution in [1.29, 1.82) is 0 Å². The average Bonchev–Trinajstić information content (AvgIpc) is 3.57. The Balaban J connectivity index is 1.31. The van der Waals surface area contributed by atoms with E-state index in [4.69, 9.17) is 8.94 Å². The van der Waals surface area contributed by atoms with Gasteiger partial charge in [0.1, 0.15) is 11.3 Å². The minimum Gasteiger partial charge on any atom is -0.512 e. The van der Waals surface area contributed by atoms with E-state index in [1.54, 1.807) is 36.4 Å². The number of furan rings is 1. The largest absolute Gasteiger partial charge is 0.512 e. The maximum Gasteiger partial charge on any atom is 0.324 e. The number of rotatable bonds is 6. The van der Waals surface area contributed by atoms with E-state index in [9.17, 15) is 14.7 Å². The molecule has 2 atom stereocenters. The van der Waals surface area contributed by atoms with Crippen LogP contribution in [-0.4, -0.2) is 47.6 Å². The Morgan fingerprint density at radius 1 is 1.15 bits per heavy atom. The average molecular weight is 532 g/mol. The smallest absolute Gasteiger partial charge is 0.324 e. The molecular formula is C29H33N5O5. The second-order valence-corrected chi connectivity index (χ2v) is 11.6. The van der Waals surface area contributed by atoms with E-state index in [0.717, 1.165) is 5.70 Å². The van der Waals surface area contributed by atoms with E-state index in [1.165, 1.54) is 0 Å². The minimum absolute atomic E-state index is 0.173. The van der Waals surface area contributed by atoms with Gasteiger partial charge in [0, 0.05) is 46.1 Å². The number of amides is 2. The molecule has 0 bridgehead atoms. The number of hydrogen-bond acceptors (Lipinski definition) is 8. The van der Waals surface area contributed by atoms with E-state index in [2.05, 4.69) is 21.1 Å². The number of fused-ring (bicyclic) bond motifs is 2. The number of benzene rings is 1. The number of aliphatic hydroxyl groups excluding tert-OH is 1. The summed E-state index contributed by atoms with van der Waals surface area (Å²) in [5.74, 6) is 0.941. The summed E-state index contributed by atoms with van der Waals surface area (Å²) >= 11 is 0. The van der Waals surface area contributed by atoms with Gasteiger partial charge in [0.25, 0.3) is 0 Å². The minimum atomic E-state index is -0.554. The first kappa shape index (κ1) is 26.3. The highest BCUT2D eigenvalue weighted by Gasteiger charge is 2.45. The van der Waals surface area contributed by atoms with Crippen LogP contribution in [0.1, 0.15) is 44.0 Å². The fraction of sp³-hybridized carbons (Fsp3) is 0.345. The molecule has 2 aromatic heterocycles. The number of anilines is 2. The van der Waals surface area contributed by atoms with Crippen LogP contribution < -0.4 is 16.0 Å². The fourth-order valence-electron chi connectivity index (χ4n) is 4.90. The first-order valence-corrected chi connectivity index (χ1v) is 12.7. The second kappa shape index (κ2) is 9.46. The quantitative estimate of drug-likeness (QED) is 0.304. The van der Waals surface area contributed by atoms with Crippen molar-refractivity contribution < 1.29 is 23.6 Å². The summed E-state index contributed by atoms with van der Waals surface area (Å²) in [6, 6.07) is 7.99. The Hall–Kier alpha value is -4.31. The van der Waals surface area contributed by atoms with Crippen LogP contribution in [0.2, 0.25) is 0 Å². The van der Waals surface area contributed by atoms with Crippen molar-refractivity contribution in [3.63, 3.8) is 0 Å². The number of aliphatic hydroxyl groups is 1. The predicted molar refractivity (Wildman–Crippen MR) is 149 cm³/mol. The number of carbonyl (C=O) groups excluding carboxylic acids is 2. The SMILES string of the molecule is CN(C)CC1C(O)=CC=C2NC(C(=O)c3cc4cc(NC(=O)Nc5cc(C(C)(C)C)on5)ccc4o3)=CC21C. The zero-order chi connectivity index (χ0) is 28.1. The number of allylic oxidation sites excluding steroid dienone is 4. The summed E-state index contributed by atoms with van der Waals surface area (Å²) < 4.78 is 11.2. The van der Waals surface area contributed by atoms with Crippen molar-refractivity contribution in [2.75, 3.05) is 31.3 Å². The molecule has 1 aromatic carbocycles. The third kappa shape index (κ3) is 5.07. The van der Waals surface area contributed by atoms with E-state index < -0.39 is 11.4 Å². The molecular weight excluding hydrogens is 498 g/mol. The lowest BCUT2D eigenvalue weighted by Gasteiger charge is -2.37. The highest BCUT2D eigenvalue weighted by atomic mass is 16.5. The molecule has 10 nitrogen and oxygen atoms in total. The molecule has 1 aliphatic carbocycles. The topological polar surface area (TPSA) is 133 Å². The van der Waals surface area contributed by atoms with Gasteiger partial charge in [0.15, 0.2) is 11.6 Å². The highest BCUT2D eigenvalue weighted by molar-refractivity contribution is 6.09. The summed E-state index contributed by atoms with van der Waals surface area (Å²) in [5, 5.41) is 23.8. The number of aromatic nitrogens is 1. The molecule has 3 heterocycles. The van der Waals surface area contributed by atoms with Gasteiger partial charge in [0.05, 0.1) is 11.5 Å². The molecule has 0 saturated carbocycles. The Bertz CT molecular complexity index is 1550. The van der Waals surface area contributed by atoms with Crippen LogP contribution in [-0.2, 0) is 5.41 Å². The third-order valence-electron chi connectivity index (χ3n) is 7.08.